The van der Waals surface area contributed by atoms with Crippen LogP contribution in [0.15, 0.2) is 30.3 Å². The fourth-order valence-corrected chi connectivity index (χ4v) is 3.63. The first kappa shape index (κ1) is 29.4. The van der Waals surface area contributed by atoms with Gasteiger partial charge in [-0.05, 0) is 59.9 Å². The molecule has 8 heteroatoms. The van der Waals surface area contributed by atoms with Gasteiger partial charge in [-0.25, -0.2) is 4.79 Å². The summed E-state index contributed by atoms with van der Waals surface area (Å²) in [6.45, 7) is 14.1. The molecule has 192 valence electrons. The van der Waals surface area contributed by atoms with Crippen LogP contribution in [0.3, 0.4) is 0 Å². The minimum atomic E-state index is -1.27. The number of hydrogen-bond donors (Lipinski definition) is 3. The Labute approximate surface area is 204 Å². The first-order valence-electron chi connectivity index (χ1n) is 12.1. The summed E-state index contributed by atoms with van der Waals surface area (Å²) in [7, 11) is 0. The second-order valence-electron chi connectivity index (χ2n) is 10.3. The van der Waals surface area contributed by atoms with Crippen LogP contribution in [0.4, 0.5) is 4.79 Å². The van der Waals surface area contributed by atoms with Gasteiger partial charge in [0.1, 0.15) is 17.7 Å². The Morgan fingerprint density at radius 3 is 2.09 bits per heavy atom. The average molecular weight is 478 g/mol. The van der Waals surface area contributed by atoms with Crippen LogP contribution >= 0.6 is 0 Å². The number of nitrogens with zero attached hydrogens (tertiary/aromatic N) is 1. The molecule has 8 nitrogen and oxygen atoms in total. The number of ether oxygens (including phenoxy) is 1. The largest absolute Gasteiger partial charge is 0.444 e. The van der Waals surface area contributed by atoms with Crippen LogP contribution in [0.2, 0.25) is 0 Å². The van der Waals surface area contributed by atoms with Gasteiger partial charge in [0.25, 0.3) is 0 Å². The Hall–Kier alpha value is -2.61. The van der Waals surface area contributed by atoms with Crippen LogP contribution in [-0.4, -0.2) is 57.7 Å². The molecule has 0 heterocycles. The van der Waals surface area contributed by atoms with Gasteiger partial charge >= 0.3 is 6.09 Å². The summed E-state index contributed by atoms with van der Waals surface area (Å²) in [5, 5.41) is 15.5. The molecule has 1 rings (SSSR count). The Morgan fingerprint density at radius 2 is 1.62 bits per heavy atom. The number of amides is 3. The molecule has 0 radical (unpaired) electrons. The summed E-state index contributed by atoms with van der Waals surface area (Å²) in [6.07, 6.45) is 1.45. The molecule has 3 atom stereocenters. The monoisotopic (exact) mass is 477 g/mol. The molecule has 0 aliphatic heterocycles. The van der Waals surface area contributed by atoms with E-state index in [-0.39, 0.29) is 11.9 Å². The highest BCUT2D eigenvalue weighted by atomic mass is 16.6. The summed E-state index contributed by atoms with van der Waals surface area (Å²) in [5.74, 6) is -0.872. The van der Waals surface area contributed by atoms with Crippen molar-refractivity contribution in [2.75, 3.05) is 6.61 Å². The van der Waals surface area contributed by atoms with E-state index in [0.717, 1.165) is 12.8 Å². The molecule has 3 unspecified atom stereocenters. The topological polar surface area (TPSA) is 108 Å². The van der Waals surface area contributed by atoms with Gasteiger partial charge < -0.3 is 25.4 Å². The van der Waals surface area contributed by atoms with Gasteiger partial charge in [-0.15, -0.1) is 0 Å². The van der Waals surface area contributed by atoms with Crippen LogP contribution in [0.1, 0.15) is 86.3 Å². The van der Waals surface area contributed by atoms with Gasteiger partial charge in [-0.1, -0.05) is 50.6 Å². The normalized spacial score (nSPS) is 14.5. The molecule has 3 N–H and O–H groups in total. The lowest BCUT2D eigenvalue weighted by Crippen LogP contribution is -2.60. The van der Waals surface area contributed by atoms with E-state index in [2.05, 4.69) is 10.6 Å². The lowest BCUT2D eigenvalue weighted by Gasteiger charge is -2.44. The highest BCUT2D eigenvalue weighted by Gasteiger charge is 2.43. The van der Waals surface area contributed by atoms with Gasteiger partial charge in [-0.2, -0.15) is 0 Å². The maximum atomic E-state index is 13.8. The standard InChI is InChI=1S/C26H43N3O5/c1-9-14-18(3)27-22(31)21(19-15-12-11-13-16-19)29(26(7,8)10-2)23(32)20(17-30)28-24(33)34-25(4,5)6/h11-13,15-16,18,20-21,30H,9-10,14,17H2,1-8H3,(H,27,31)(H,28,33). The van der Waals surface area contributed by atoms with Crippen molar-refractivity contribution in [2.45, 2.75) is 104 Å². The summed E-state index contributed by atoms with van der Waals surface area (Å²) < 4.78 is 5.27. The third-order valence-electron chi connectivity index (χ3n) is 5.66. The zero-order chi connectivity index (χ0) is 26.1. The lowest BCUT2D eigenvalue weighted by atomic mass is 9.92. The number of nitrogens with one attached hydrogen (secondary N) is 2. The number of rotatable bonds is 11. The summed E-state index contributed by atoms with van der Waals surface area (Å²) in [4.78, 5) is 41.3. The lowest BCUT2D eigenvalue weighted by molar-refractivity contribution is -0.150. The van der Waals surface area contributed by atoms with E-state index in [1.54, 1.807) is 32.9 Å². The molecule has 0 fully saturated rings. The Morgan fingerprint density at radius 1 is 1.03 bits per heavy atom. The Balaban J connectivity index is 3.46. The molecule has 3 amide bonds. The van der Waals surface area contributed by atoms with Gasteiger partial charge in [-0.3, -0.25) is 9.59 Å². The molecule has 1 aromatic rings. The predicted molar refractivity (Wildman–Crippen MR) is 133 cm³/mol. The number of benzene rings is 1. The first-order chi connectivity index (χ1) is 15.8. The van der Waals surface area contributed by atoms with E-state index < -0.39 is 41.8 Å². The van der Waals surface area contributed by atoms with Crippen LogP contribution in [-0.2, 0) is 14.3 Å². The fraction of sp³-hybridized carbons (Fsp3) is 0.654. The number of aliphatic hydroxyl groups is 1. The van der Waals surface area contributed by atoms with Crippen LogP contribution < -0.4 is 10.6 Å². The number of carbonyl (C=O) groups is 3. The minimum Gasteiger partial charge on any atom is -0.444 e. The van der Waals surface area contributed by atoms with Gasteiger partial charge in [0.05, 0.1) is 6.61 Å². The fourth-order valence-electron chi connectivity index (χ4n) is 3.63. The molecule has 0 bridgehead atoms. The minimum absolute atomic E-state index is 0.0704. The van der Waals surface area contributed by atoms with Gasteiger partial charge in [0.15, 0.2) is 0 Å². The van der Waals surface area contributed by atoms with Gasteiger partial charge in [0, 0.05) is 11.6 Å². The van der Waals surface area contributed by atoms with E-state index >= 15 is 0 Å². The first-order valence-corrected chi connectivity index (χ1v) is 12.1. The number of hydrogen-bond acceptors (Lipinski definition) is 5. The molecule has 0 aliphatic carbocycles. The predicted octanol–water partition coefficient (Wildman–Crippen LogP) is 3.94. The van der Waals surface area contributed by atoms with Crippen LogP contribution in [0, 0.1) is 0 Å². The van der Waals surface area contributed by atoms with Gasteiger partial charge in [0.2, 0.25) is 11.8 Å². The average Bonchev–Trinajstić information content (AvgIpc) is 2.74. The third-order valence-corrected chi connectivity index (χ3v) is 5.66. The maximum Gasteiger partial charge on any atom is 0.408 e. The van der Waals surface area contributed by atoms with E-state index in [4.69, 9.17) is 4.74 Å². The zero-order valence-corrected chi connectivity index (χ0v) is 22.0. The molecule has 1 aromatic carbocycles. The van der Waals surface area contributed by atoms with Crippen LogP contribution in [0.25, 0.3) is 0 Å². The van der Waals surface area contributed by atoms with E-state index in [1.165, 1.54) is 4.90 Å². The summed E-state index contributed by atoms with van der Waals surface area (Å²) >= 11 is 0. The highest BCUT2D eigenvalue weighted by molar-refractivity contribution is 5.92. The molecule has 0 spiro atoms. The molecule has 0 saturated carbocycles. The molecular formula is C26H43N3O5. The van der Waals surface area contributed by atoms with E-state index in [1.807, 2.05) is 52.8 Å². The molecule has 0 aromatic heterocycles. The van der Waals surface area contributed by atoms with Crippen molar-refractivity contribution in [3.8, 4) is 0 Å². The quantitative estimate of drug-likeness (QED) is 0.447. The number of carbonyl (C=O) groups excluding carboxylic acids is 3. The SMILES string of the molecule is CCCC(C)NC(=O)C(c1ccccc1)N(C(=O)C(CO)NC(=O)OC(C)(C)C)C(C)(C)CC. The maximum absolute atomic E-state index is 13.8. The van der Waals surface area contributed by atoms with Crippen LogP contribution in [0.5, 0.6) is 0 Å². The van der Waals surface area contributed by atoms with Crippen molar-refractivity contribution in [3.63, 3.8) is 0 Å². The summed E-state index contributed by atoms with van der Waals surface area (Å²) in [5.41, 5.74) is -0.879. The third kappa shape index (κ3) is 8.63. The molecular weight excluding hydrogens is 434 g/mol. The van der Waals surface area contributed by atoms with E-state index in [0.29, 0.717) is 12.0 Å². The van der Waals surface area contributed by atoms with Crippen molar-refractivity contribution in [3.05, 3.63) is 35.9 Å². The molecule has 0 aliphatic rings. The van der Waals surface area contributed by atoms with Crippen molar-refractivity contribution in [1.29, 1.82) is 0 Å². The van der Waals surface area contributed by atoms with Crippen molar-refractivity contribution >= 4 is 17.9 Å². The number of alkyl carbamates (subject to hydrolysis) is 1. The second kappa shape index (κ2) is 12.7. The summed E-state index contributed by atoms with van der Waals surface area (Å²) in [6, 6.07) is 6.79. The van der Waals surface area contributed by atoms with Crippen molar-refractivity contribution < 1.29 is 24.2 Å². The van der Waals surface area contributed by atoms with Crippen molar-refractivity contribution in [1.82, 2.24) is 15.5 Å². The smallest absolute Gasteiger partial charge is 0.408 e. The van der Waals surface area contributed by atoms with Crippen molar-refractivity contribution in [2.24, 2.45) is 0 Å². The molecule has 0 saturated heterocycles. The van der Waals surface area contributed by atoms with E-state index in [9.17, 15) is 19.5 Å². The second-order valence-corrected chi connectivity index (χ2v) is 10.3. The molecule has 34 heavy (non-hydrogen) atoms. The Bertz CT molecular complexity index is 804. The number of aliphatic hydroxyl groups excluding tert-OH is 1. The highest BCUT2D eigenvalue weighted by Crippen LogP contribution is 2.32. The Kier molecular flexibility index (Phi) is 11.0. The zero-order valence-electron chi connectivity index (χ0n) is 22.0.